The van der Waals surface area contributed by atoms with Crippen molar-refractivity contribution in [3.63, 3.8) is 0 Å². The fraction of sp³-hybridized carbons (Fsp3) is 0.182. The van der Waals surface area contributed by atoms with Crippen molar-refractivity contribution in [2.24, 2.45) is 0 Å². The summed E-state index contributed by atoms with van der Waals surface area (Å²) < 4.78 is 0. The maximum atomic E-state index is 8.36. The molecule has 0 aromatic heterocycles. The first-order chi connectivity index (χ1) is 6.15. The minimum absolute atomic E-state index is 0. The molecule has 0 bridgehead atoms. The second kappa shape index (κ2) is 5.31. The number of anilines is 1. The summed E-state index contributed by atoms with van der Waals surface area (Å²) in [5, 5.41) is 8.36. The van der Waals surface area contributed by atoms with Crippen molar-refractivity contribution in [3.05, 3.63) is 34.9 Å². The minimum Gasteiger partial charge on any atom is -0.398 e. The smallest absolute Gasteiger partial charge is 0.0912 e. The van der Waals surface area contributed by atoms with Crippen molar-refractivity contribution in [2.45, 2.75) is 13.8 Å². The third-order valence-corrected chi connectivity index (χ3v) is 1.97. The average Bonchev–Trinajstić information content (AvgIpc) is 2.10. The molecule has 0 amide bonds. The highest BCUT2D eigenvalue weighted by Gasteiger charge is 1.98. The molecule has 74 valence electrons. The zero-order valence-corrected chi connectivity index (χ0v) is 9.06. The molecule has 0 aliphatic rings. The normalized spacial score (nSPS) is 9.50. The quantitative estimate of drug-likeness (QED) is 0.570. The Morgan fingerprint density at radius 3 is 2.21 bits per heavy atom. The predicted octanol–water partition coefficient (Wildman–Crippen LogP) is 2.84. The SMILES string of the molecule is Cc1cc(C=CC#N)cc(C)c1N.Cl. The van der Waals surface area contributed by atoms with Gasteiger partial charge in [0.25, 0.3) is 0 Å². The highest BCUT2D eigenvalue weighted by atomic mass is 35.5. The molecule has 0 atom stereocenters. The monoisotopic (exact) mass is 208 g/mol. The fourth-order valence-electron chi connectivity index (χ4n) is 1.24. The lowest BCUT2D eigenvalue weighted by Crippen LogP contribution is -1.93. The molecular weight excluding hydrogens is 196 g/mol. The summed E-state index contributed by atoms with van der Waals surface area (Å²) >= 11 is 0. The molecule has 0 aliphatic heterocycles. The van der Waals surface area contributed by atoms with Crippen molar-refractivity contribution >= 4 is 24.2 Å². The van der Waals surface area contributed by atoms with Crippen LogP contribution in [0.2, 0.25) is 0 Å². The molecule has 0 unspecified atom stereocenters. The fourth-order valence-corrected chi connectivity index (χ4v) is 1.24. The van der Waals surface area contributed by atoms with E-state index in [0.717, 1.165) is 22.4 Å². The Morgan fingerprint density at radius 1 is 1.29 bits per heavy atom. The van der Waals surface area contributed by atoms with Crippen LogP contribution in [-0.4, -0.2) is 0 Å². The van der Waals surface area contributed by atoms with Crippen molar-refractivity contribution in [1.82, 2.24) is 0 Å². The lowest BCUT2D eigenvalue weighted by atomic mass is 10.0. The van der Waals surface area contributed by atoms with Crippen molar-refractivity contribution in [3.8, 4) is 6.07 Å². The first kappa shape index (κ1) is 12.5. The number of benzene rings is 1. The average molecular weight is 209 g/mol. The zero-order valence-electron chi connectivity index (χ0n) is 8.24. The second-order valence-corrected chi connectivity index (χ2v) is 3.03. The van der Waals surface area contributed by atoms with Gasteiger partial charge in [-0.1, -0.05) is 0 Å². The van der Waals surface area contributed by atoms with E-state index in [1.54, 1.807) is 6.08 Å². The summed E-state index contributed by atoms with van der Waals surface area (Å²) in [5.41, 5.74) is 9.74. The van der Waals surface area contributed by atoms with E-state index < -0.39 is 0 Å². The van der Waals surface area contributed by atoms with Crippen LogP contribution in [0.1, 0.15) is 16.7 Å². The highest BCUT2D eigenvalue weighted by molar-refractivity contribution is 5.85. The van der Waals surface area contributed by atoms with Crippen LogP contribution < -0.4 is 5.73 Å². The predicted molar refractivity (Wildman–Crippen MR) is 62.2 cm³/mol. The van der Waals surface area contributed by atoms with Gasteiger partial charge >= 0.3 is 0 Å². The van der Waals surface area contributed by atoms with Gasteiger partial charge in [0.15, 0.2) is 0 Å². The van der Waals surface area contributed by atoms with Gasteiger partial charge in [0.2, 0.25) is 0 Å². The molecule has 0 heterocycles. The first-order valence-electron chi connectivity index (χ1n) is 4.08. The molecule has 2 N–H and O–H groups in total. The van der Waals surface area contributed by atoms with Gasteiger partial charge in [0.1, 0.15) is 0 Å². The van der Waals surface area contributed by atoms with Crippen molar-refractivity contribution in [2.75, 3.05) is 5.73 Å². The standard InChI is InChI=1S/C11H12N2.ClH/c1-8-6-10(4-3-5-12)7-9(2)11(8)13;/h3-4,6-7H,13H2,1-2H3;1H. The van der Waals surface area contributed by atoms with Crippen LogP contribution in [0.25, 0.3) is 6.08 Å². The van der Waals surface area contributed by atoms with Gasteiger partial charge in [-0.2, -0.15) is 5.26 Å². The number of nitriles is 1. The molecule has 0 aliphatic carbocycles. The molecule has 1 aromatic rings. The summed E-state index contributed by atoms with van der Waals surface area (Å²) in [7, 11) is 0. The molecule has 0 saturated heterocycles. The zero-order chi connectivity index (χ0) is 9.84. The van der Waals surface area contributed by atoms with E-state index in [-0.39, 0.29) is 12.4 Å². The Kier molecular flexibility index (Phi) is 4.76. The largest absolute Gasteiger partial charge is 0.398 e. The van der Waals surface area contributed by atoms with E-state index >= 15 is 0 Å². The molecule has 1 rings (SSSR count). The summed E-state index contributed by atoms with van der Waals surface area (Å²) in [4.78, 5) is 0. The van der Waals surface area contributed by atoms with E-state index in [4.69, 9.17) is 11.0 Å². The maximum Gasteiger partial charge on any atom is 0.0912 e. The van der Waals surface area contributed by atoms with Gasteiger partial charge in [-0.05, 0) is 48.7 Å². The molecule has 0 saturated carbocycles. The third-order valence-electron chi connectivity index (χ3n) is 1.97. The number of hydrogen-bond acceptors (Lipinski definition) is 2. The number of rotatable bonds is 1. The maximum absolute atomic E-state index is 8.36. The van der Waals surface area contributed by atoms with E-state index in [1.807, 2.05) is 32.0 Å². The Labute approximate surface area is 90.5 Å². The molecular formula is C11H13ClN2. The third kappa shape index (κ3) is 2.79. The Balaban J connectivity index is 0.00000169. The number of nitrogens with zero attached hydrogens (tertiary/aromatic N) is 1. The number of hydrogen-bond donors (Lipinski definition) is 1. The lowest BCUT2D eigenvalue weighted by Gasteiger charge is -2.05. The van der Waals surface area contributed by atoms with Gasteiger partial charge in [0, 0.05) is 11.8 Å². The van der Waals surface area contributed by atoms with Crippen molar-refractivity contribution in [1.29, 1.82) is 5.26 Å². The van der Waals surface area contributed by atoms with Gasteiger partial charge < -0.3 is 5.73 Å². The van der Waals surface area contributed by atoms with Crippen LogP contribution in [0, 0.1) is 25.2 Å². The number of halogens is 1. The summed E-state index contributed by atoms with van der Waals surface area (Å²) in [6.45, 7) is 3.93. The molecule has 1 aromatic carbocycles. The van der Waals surface area contributed by atoms with Gasteiger partial charge in [-0.25, -0.2) is 0 Å². The molecule has 0 radical (unpaired) electrons. The number of aryl methyl sites for hydroxylation is 2. The number of allylic oxidation sites excluding steroid dienone is 1. The van der Waals surface area contributed by atoms with Crippen LogP contribution in [0.15, 0.2) is 18.2 Å². The number of nitrogens with two attached hydrogens (primary N) is 1. The van der Waals surface area contributed by atoms with Crippen LogP contribution in [0.5, 0.6) is 0 Å². The van der Waals surface area contributed by atoms with Crippen LogP contribution >= 0.6 is 12.4 Å². The summed E-state index contributed by atoms with van der Waals surface area (Å²) in [6, 6.07) is 5.89. The van der Waals surface area contributed by atoms with E-state index in [0.29, 0.717) is 0 Å². The molecule has 3 heteroatoms. The van der Waals surface area contributed by atoms with E-state index in [1.165, 1.54) is 6.08 Å². The van der Waals surface area contributed by atoms with E-state index in [9.17, 15) is 0 Å². The first-order valence-corrected chi connectivity index (χ1v) is 4.08. The van der Waals surface area contributed by atoms with Gasteiger partial charge in [-0.3, -0.25) is 0 Å². The van der Waals surface area contributed by atoms with Crippen LogP contribution in [-0.2, 0) is 0 Å². The van der Waals surface area contributed by atoms with E-state index in [2.05, 4.69) is 0 Å². The Bertz CT molecular complexity index is 366. The second-order valence-electron chi connectivity index (χ2n) is 3.03. The van der Waals surface area contributed by atoms with Crippen molar-refractivity contribution < 1.29 is 0 Å². The summed E-state index contributed by atoms with van der Waals surface area (Å²) in [6.07, 6.45) is 3.24. The molecule has 14 heavy (non-hydrogen) atoms. The van der Waals surface area contributed by atoms with Gasteiger partial charge in [-0.15, -0.1) is 12.4 Å². The molecule has 0 fully saturated rings. The van der Waals surface area contributed by atoms with Crippen LogP contribution in [0.3, 0.4) is 0 Å². The highest BCUT2D eigenvalue weighted by Crippen LogP contribution is 2.19. The Morgan fingerprint density at radius 2 is 1.79 bits per heavy atom. The topological polar surface area (TPSA) is 49.8 Å². The van der Waals surface area contributed by atoms with Crippen LogP contribution in [0.4, 0.5) is 5.69 Å². The lowest BCUT2D eigenvalue weighted by molar-refractivity contribution is 1.38. The summed E-state index contributed by atoms with van der Waals surface area (Å²) in [5.74, 6) is 0. The molecule has 2 nitrogen and oxygen atoms in total. The van der Waals surface area contributed by atoms with Gasteiger partial charge in [0.05, 0.1) is 6.07 Å². The Hall–Kier alpha value is -1.46. The number of nitrogen functional groups attached to an aromatic ring is 1. The molecule has 0 spiro atoms. The minimum atomic E-state index is 0.